The molecule has 0 fully saturated rings. The quantitative estimate of drug-likeness (QED) is 0.587. The van der Waals surface area contributed by atoms with Gasteiger partial charge >= 0.3 is 13.6 Å². The molecule has 2 N–H and O–H groups in total. The molecule has 0 aliphatic rings. The highest BCUT2D eigenvalue weighted by Gasteiger charge is 2.20. The molecular weight excluding hydrogens is 185 g/mol. The lowest BCUT2D eigenvalue weighted by atomic mass is 10.7. The zero-order chi connectivity index (χ0) is 9.61. The van der Waals surface area contributed by atoms with Crippen LogP contribution in [-0.4, -0.2) is 38.1 Å². The van der Waals surface area contributed by atoms with Crippen LogP contribution in [-0.2, 0) is 18.4 Å². The van der Waals surface area contributed by atoms with Crippen molar-refractivity contribution in [3.05, 3.63) is 0 Å². The monoisotopic (exact) mass is 197 g/mol. The zero-order valence-corrected chi connectivity index (χ0v) is 7.84. The van der Waals surface area contributed by atoms with Gasteiger partial charge in [-0.2, -0.15) is 0 Å². The summed E-state index contributed by atoms with van der Waals surface area (Å²) in [6, 6.07) is 0. The Morgan fingerprint density at radius 3 is 2.33 bits per heavy atom. The summed E-state index contributed by atoms with van der Waals surface area (Å²) in [5, 5.41) is 10.6. The summed E-state index contributed by atoms with van der Waals surface area (Å²) >= 11 is 0. The lowest BCUT2D eigenvalue weighted by molar-refractivity contribution is -0.135. The van der Waals surface area contributed by atoms with E-state index in [4.69, 9.17) is 5.11 Å². The highest BCUT2D eigenvalue weighted by molar-refractivity contribution is 7.53. The third-order valence-corrected chi connectivity index (χ3v) is 2.86. The number of carbonyl (C=O) groups is 1. The molecule has 0 aromatic carbocycles. The minimum absolute atomic E-state index is 0.105. The lowest BCUT2D eigenvalue weighted by Gasteiger charge is -2.12. The number of carboxylic acid groups (broad SMARTS) is 1. The predicted molar refractivity (Wildman–Crippen MR) is 42.1 cm³/mol. The van der Waals surface area contributed by atoms with Crippen molar-refractivity contribution in [2.75, 3.05) is 27.1 Å². The molecule has 7 heteroatoms. The van der Waals surface area contributed by atoms with Crippen LogP contribution < -0.4 is 5.32 Å². The van der Waals surface area contributed by atoms with Crippen molar-refractivity contribution < 1.29 is 23.5 Å². The maximum atomic E-state index is 11.2. The van der Waals surface area contributed by atoms with Gasteiger partial charge in [0.05, 0.1) is 12.8 Å². The van der Waals surface area contributed by atoms with Crippen LogP contribution in [0.1, 0.15) is 0 Å². The Kier molecular flexibility index (Phi) is 5.08. The van der Waals surface area contributed by atoms with E-state index < -0.39 is 13.6 Å². The smallest absolute Gasteiger partial charge is 0.343 e. The minimum Gasteiger partial charge on any atom is -0.480 e. The van der Waals surface area contributed by atoms with Crippen molar-refractivity contribution in [2.45, 2.75) is 0 Å². The zero-order valence-electron chi connectivity index (χ0n) is 6.94. The van der Waals surface area contributed by atoms with E-state index >= 15 is 0 Å². The maximum absolute atomic E-state index is 11.2. The molecule has 0 rings (SSSR count). The molecule has 0 heterocycles. The molecular formula is C5H12NO5P. The number of nitrogens with one attached hydrogen (secondary N) is 1. The Balaban J connectivity index is 3.74. The van der Waals surface area contributed by atoms with Crippen LogP contribution in [0.3, 0.4) is 0 Å². The Hall–Kier alpha value is -0.420. The average Bonchev–Trinajstić information content (AvgIpc) is 2.03. The number of rotatable bonds is 6. The van der Waals surface area contributed by atoms with Crippen molar-refractivity contribution in [3.63, 3.8) is 0 Å². The first-order valence-corrected chi connectivity index (χ1v) is 4.90. The molecule has 0 unspecified atom stereocenters. The van der Waals surface area contributed by atoms with Crippen LogP contribution in [0.25, 0.3) is 0 Å². The van der Waals surface area contributed by atoms with Crippen molar-refractivity contribution in [1.82, 2.24) is 5.32 Å². The van der Waals surface area contributed by atoms with Gasteiger partial charge in [-0.3, -0.25) is 14.7 Å². The fourth-order valence-corrected chi connectivity index (χ4v) is 1.30. The van der Waals surface area contributed by atoms with Gasteiger partial charge in [0, 0.05) is 14.2 Å². The summed E-state index contributed by atoms with van der Waals surface area (Å²) in [5.74, 6) is -1.02. The molecule has 0 aromatic heterocycles. The Morgan fingerprint density at radius 2 is 2.00 bits per heavy atom. The average molecular weight is 197 g/mol. The summed E-state index contributed by atoms with van der Waals surface area (Å²) < 4.78 is 20.3. The van der Waals surface area contributed by atoms with E-state index in [1.54, 1.807) is 0 Å². The van der Waals surface area contributed by atoms with Crippen molar-refractivity contribution in [3.8, 4) is 0 Å². The van der Waals surface area contributed by atoms with Crippen molar-refractivity contribution in [2.24, 2.45) is 0 Å². The number of hydrogen-bond donors (Lipinski definition) is 2. The summed E-state index contributed by atoms with van der Waals surface area (Å²) in [4.78, 5) is 10.0. The van der Waals surface area contributed by atoms with E-state index in [0.717, 1.165) is 0 Å². The largest absolute Gasteiger partial charge is 0.480 e. The van der Waals surface area contributed by atoms with Gasteiger partial charge in [0.15, 0.2) is 0 Å². The van der Waals surface area contributed by atoms with Gasteiger partial charge in [0.2, 0.25) is 0 Å². The van der Waals surface area contributed by atoms with Gasteiger partial charge in [-0.15, -0.1) is 0 Å². The molecule has 0 atom stereocenters. The third kappa shape index (κ3) is 4.46. The van der Waals surface area contributed by atoms with Crippen LogP contribution in [0, 0.1) is 0 Å². The molecule has 0 aromatic rings. The number of hydrogen-bond acceptors (Lipinski definition) is 5. The molecule has 0 spiro atoms. The standard InChI is InChI=1S/C5H12NO5P/c1-10-12(9,11-2)4-6-3-5(7)8/h6H,3-4H2,1-2H3,(H,7,8). The molecule has 12 heavy (non-hydrogen) atoms. The Morgan fingerprint density at radius 1 is 1.50 bits per heavy atom. The van der Waals surface area contributed by atoms with E-state index in [1.165, 1.54) is 14.2 Å². The predicted octanol–water partition coefficient (Wildman–Crippen LogP) is 0.104. The Bertz CT molecular complexity index is 186. The van der Waals surface area contributed by atoms with Crippen LogP contribution >= 0.6 is 7.60 Å². The maximum Gasteiger partial charge on any atom is 0.343 e. The van der Waals surface area contributed by atoms with Crippen LogP contribution in [0.15, 0.2) is 0 Å². The highest BCUT2D eigenvalue weighted by Crippen LogP contribution is 2.44. The second-order valence-corrected chi connectivity index (χ2v) is 4.22. The van der Waals surface area contributed by atoms with Gasteiger partial charge < -0.3 is 14.2 Å². The minimum atomic E-state index is -3.11. The van der Waals surface area contributed by atoms with Crippen LogP contribution in [0.2, 0.25) is 0 Å². The Labute approximate surface area is 70.4 Å². The van der Waals surface area contributed by atoms with E-state index in [2.05, 4.69) is 14.4 Å². The first kappa shape index (κ1) is 11.6. The summed E-state index contributed by atoms with van der Waals surface area (Å²) in [7, 11) is -0.626. The first-order chi connectivity index (χ1) is 5.54. The topological polar surface area (TPSA) is 84.9 Å². The SMILES string of the molecule is COP(=O)(CNCC(=O)O)OC. The van der Waals surface area contributed by atoms with Crippen molar-refractivity contribution >= 4 is 13.6 Å². The van der Waals surface area contributed by atoms with E-state index in [1.807, 2.05) is 0 Å². The van der Waals surface area contributed by atoms with Gasteiger partial charge in [-0.25, -0.2) is 0 Å². The fourth-order valence-electron chi connectivity index (χ4n) is 0.503. The molecule has 0 saturated heterocycles. The lowest BCUT2D eigenvalue weighted by Crippen LogP contribution is -2.24. The van der Waals surface area contributed by atoms with Gasteiger partial charge in [0.1, 0.15) is 0 Å². The normalized spacial score (nSPS) is 11.5. The second-order valence-electron chi connectivity index (χ2n) is 1.95. The van der Waals surface area contributed by atoms with Crippen LogP contribution in [0.4, 0.5) is 0 Å². The first-order valence-electron chi connectivity index (χ1n) is 3.17. The number of aliphatic carboxylic acids is 1. The fraction of sp³-hybridized carbons (Fsp3) is 0.800. The van der Waals surface area contributed by atoms with E-state index in [0.29, 0.717) is 0 Å². The second kappa shape index (κ2) is 5.27. The highest BCUT2D eigenvalue weighted by atomic mass is 31.2. The molecule has 0 saturated carbocycles. The molecule has 0 aliphatic carbocycles. The number of carboxylic acids is 1. The van der Waals surface area contributed by atoms with Gasteiger partial charge in [0.25, 0.3) is 0 Å². The van der Waals surface area contributed by atoms with E-state index in [-0.39, 0.29) is 12.8 Å². The van der Waals surface area contributed by atoms with Gasteiger partial charge in [-0.05, 0) is 0 Å². The summed E-state index contributed by atoms with van der Waals surface area (Å²) in [6.45, 7) is -0.267. The molecule has 6 nitrogen and oxygen atoms in total. The van der Waals surface area contributed by atoms with Crippen molar-refractivity contribution in [1.29, 1.82) is 0 Å². The molecule has 0 radical (unpaired) electrons. The summed E-state index contributed by atoms with van der Waals surface area (Å²) in [5.41, 5.74) is 0. The van der Waals surface area contributed by atoms with E-state index in [9.17, 15) is 9.36 Å². The van der Waals surface area contributed by atoms with Crippen LogP contribution in [0.5, 0.6) is 0 Å². The third-order valence-electron chi connectivity index (χ3n) is 1.14. The molecule has 0 bridgehead atoms. The molecule has 0 aliphatic heterocycles. The van der Waals surface area contributed by atoms with Gasteiger partial charge in [-0.1, -0.05) is 0 Å². The molecule has 0 amide bonds. The molecule has 72 valence electrons. The summed E-state index contributed by atoms with van der Waals surface area (Å²) in [6.07, 6.45) is -0.105.